The van der Waals surface area contributed by atoms with Crippen molar-refractivity contribution in [2.75, 3.05) is 11.1 Å². The standard InChI is InChI=1S/C23H21NO2S/c1-16-11-12-21(17(2)13-16)24-23(26)19-9-6-10-20(14-19)27-15-22(25)18-7-4-3-5-8-18/h3-14H,15H2,1-2H3,(H,24,26). The first-order chi connectivity index (χ1) is 13.0. The molecule has 3 aromatic carbocycles. The SMILES string of the molecule is Cc1ccc(NC(=O)c2cccc(SCC(=O)c3ccccc3)c2)c(C)c1. The van der Waals surface area contributed by atoms with E-state index in [1.165, 1.54) is 11.8 Å². The Kier molecular flexibility index (Phi) is 6.09. The molecule has 3 nitrogen and oxygen atoms in total. The van der Waals surface area contributed by atoms with Gasteiger partial charge in [-0.15, -0.1) is 11.8 Å². The molecule has 0 unspecified atom stereocenters. The molecule has 3 rings (SSSR count). The second kappa shape index (κ2) is 8.69. The summed E-state index contributed by atoms with van der Waals surface area (Å²) in [5.74, 6) is 0.260. The average Bonchev–Trinajstić information content (AvgIpc) is 2.69. The maximum atomic E-state index is 12.6. The minimum absolute atomic E-state index is 0.0748. The predicted octanol–water partition coefficient (Wildman–Crippen LogP) is 5.53. The number of anilines is 1. The maximum absolute atomic E-state index is 12.6. The Labute approximate surface area is 163 Å². The van der Waals surface area contributed by atoms with Crippen molar-refractivity contribution in [3.8, 4) is 0 Å². The first kappa shape index (κ1) is 18.9. The minimum Gasteiger partial charge on any atom is -0.322 e. The molecule has 0 saturated carbocycles. The highest BCUT2D eigenvalue weighted by atomic mass is 32.2. The first-order valence-corrected chi connectivity index (χ1v) is 9.71. The Hall–Kier alpha value is -2.85. The Bertz CT molecular complexity index is 967. The van der Waals surface area contributed by atoms with Crippen molar-refractivity contribution in [1.82, 2.24) is 0 Å². The number of thioether (sulfide) groups is 1. The molecule has 0 spiro atoms. The van der Waals surface area contributed by atoms with Crippen molar-refractivity contribution in [3.63, 3.8) is 0 Å². The van der Waals surface area contributed by atoms with Gasteiger partial charge in [0.1, 0.15) is 0 Å². The average molecular weight is 375 g/mol. The molecule has 0 aliphatic rings. The van der Waals surface area contributed by atoms with E-state index in [1.807, 2.05) is 80.6 Å². The summed E-state index contributed by atoms with van der Waals surface area (Å²) >= 11 is 1.44. The third-order valence-corrected chi connectivity index (χ3v) is 5.19. The largest absolute Gasteiger partial charge is 0.322 e. The van der Waals surface area contributed by atoms with Crippen molar-refractivity contribution >= 4 is 29.1 Å². The molecule has 0 aliphatic heterocycles. The van der Waals surface area contributed by atoms with Gasteiger partial charge in [-0.05, 0) is 43.7 Å². The molecule has 0 aliphatic carbocycles. The predicted molar refractivity (Wildman–Crippen MR) is 112 cm³/mol. The molecule has 4 heteroatoms. The summed E-state index contributed by atoms with van der Waals surface area (Å²) in [6.07, 6.45) is 0. The molecule has 27 heavy (non-hydrogen) atoms. The lowest BCUT2D eigenvalue weighted by atomic mass is 10.1. The lowest BCUT2D eigenvalue weighted by Gasteiger charge is -2.10. The lowest BCUT2D eigenvalue weighted by Crippen LogP contribution is -2.12. The van der Waals surface area contributed by atoms with Crippen molar-refractivity contribution in [3.05, 3.63) is 95.1 Å². The van der Waals surface area contributed by atoms with Crippen LogP contribution in [0.15, 0.2) is 77.7 Å². The molecule has 1 amide bonds. The van der Waals surface area contributed by atoms with Crippen LogP contribution in [0.25, 0.3) is 0 Å². The van der Waals surface area contributed by atoms with Crippen LogP contribution in [-0.4, -0.2) is 17.4 Å². The van der Waals surface area contributed by atoms with Gasteiger partial charge < -0.3 is 5.32 Å². The number of carbonyl (C=O) groups excluding carboxylic acids is 2. The van der Waals surface area contributed by atoms with Gasteiger partial charge in [-0.25, -0.2) is 0 Å². The van der Waals surface area contributed by atoms with E-state index in [-0.39, 0.29) is 11.7 Å². The smallest absolute Gasteiger partial charge is 0.255 e. The van der Waals surface area contributed by atoms with Crippen LogP contribution in [0, 0.1) is 13.8 Å². The summed E-state index contributed by atoms with van der Waals surface area (Å²) in [7, 11) is 0. The van der Waals surface area contributed by atoms with Crippen LogP contribution in [0.2, 0.25) is 0 Å². The fourth-order valence-corrected chi connectivity index (χ4v) is 3.58. The molecule has 0 bridgehead atoms. The van der Waals surface area contributed by atoms with E-state index in [0.29, 0.717) is 16.9 Å². The normalized spacial score (nSPS) is 10.4. The number of rotatable bonds is 6. The Morgan fingerprint density at radius 3 is 2.33 bits per heavy atom. The highest BCUT2D eigenvalue weighted by Gasteiger charge is 2.10. The van der Waals surface area contributed by atoms with Gasteiger partial charge in [0, 0.05) is 21.7 Å². The van der Waals surface area contributed by atoms with Crippen molar-refractivity contribution in [2.24, 2.45) is 0 Å². The van der Waals surface area contributed by atoms with Gasteiger partial charge in [-0.2, -0.15) is 0 Å². The summed E-state index contributed by atoms with van der Waals surface area (Å²) in [6, 6.07) is 22.5. The fraction of sp³-hybridized carbons (Fsp3) is 0.130. The second-order valence-electron chi connectivity index (χ2n) is 6.38. The molecule has 1 N–H and O–H groups in total. The Morgan fingerprint density at radius 2 is 1.59 bits per heavy atom. The first-order valence-electron chi connectivity index (χ1n) is 8.72. The zero-order chi connectivity index (χ0) is 19.2. The molecule has 0 atom stereocenters. The van der Waals surface area contributed by atoms with Crippen molar-refractivity contribution in [1.29, 1.82) is 0 Å². The summed E-state index contributed by atoms with van der Waals surface area (Å²) < 4.78 is 0. The van der Waals surface area contributed by atoms with Crippen LogP contribution in [0.1, 0.15) is 31.8 Å². The van der Waals surface area contributed by atoms with E-state index in [4.69, 9.17) is 0 Å². The molecule has 3 aromatic rings. The summed E-state index contributed by atoms with van der Waals surface area (Å²) in [5, 5.41) is 2.96. The number of hydrogen-bond donors (Lipinski definition) is 1. The van der Waals surface area contributed by atoms with Crippen molar-refractivity contribution < 1.29 is 9.59 Å². The topological polar surface area (TPSA) is 46.2 Å². The van der Waals surface area contributed by atoms with E-state index in [1.54, 1.807) is 6.07 Å². The molecule has 0 fully saturated rings. The third kappa shape index (κ3) is 5.08. The van der Waals surface area contributed by atoms with Crippen LogP contribution >= 0.6 is 11.8 Å². The van der Waals surface area contributed by atoms with Gasteiger partial charge in [0.05, 0.1) is 5.75 Å². The molecule has 136 valence electrons. The van der Waals surface area contributed by atoms with Crippen LogP contribution in [0.5, 0.6) is 0 Å². The highest BCUT2D eigenvalue weighted by Crippen LogP contribution is 2.22. The Morgan fingerprint density at radius 1 is 0.852 bits per heavy atom. The number of nitrogens with one attached hydrogen (secondary N) is 1. The Balaban J connectivity index is 1.66. The summed E-state index contributed by atoms with van der Waals surface area (Å²) in [4.78, 5) is 25.7. The second-order valence-corrected chi connectivity index (χ2v) is 7.43. The highest BCUT2D eigenvalue weighted by molar-refractivity contribution is 8.00. The van der Waals surface area contributed by atoms with Gasteiger partial charge in [0.25, 0.3) is 5.91 Å². The molecule has 0 heterocycles. The van der Waals surface area contributed by atoms with Crippen LogP contribution in [-0.2, 0) is 0 Å². The van der Waals surface area contributed by atoms with Crippen LogP contribution < -0.4 is 5.32 Å². The van der Waals surface area contributed by atoms with E-state index >= 15 is 0 Å². The molecular weight excluding hydrogens is 354 g/mol. The molecule has 0 radical (unpaired) electrons. The van der Waals surface area contributed by atoms with E-state index in [0.717, 1.165) is 21.7 Å². The minimum atomic E-state index is -0.154. The van der Waals surface area contributed by atoms with Gasteiger partial charge >= 0.3 is 0 Å². The van der Waals surface area contributed by atoms with Crippen molar-refractivity contribution in [2.45, 2.75) is 18.7 Å². The monoisotopic (exact) mass is 375 g/mol. The third-order valence-electron chi connectivity index (χ3n) is 4.19. The number of carbonyl (C=O) groups is 2. The van der Waals surface area contributed by atoms with E-state index in [9.17, 15) is 9.59 Å². The zero-order valence-corrected chi connectivity index (χ0v) is 16.2. The quantitative estimate of drug-likeness (QED) is 0.455. The van der Waals surface area contributed by atoms with Crippen LogP contribution in [0.4, 0.5) is 5.69 Å². The number of amides is 1. The molecular formula is C23H21NO2S. The van der Waals surface area contributed by atoms with Gasteiger partial charge in [0.15, 0.2) is 5.78 Å². The lowest BCUT2D eigenvalue weighted by molar-refractivity contribution is 0.101. The maximum Gasteiger partial charge on any atom is 0.255 e. The van der Waals surface area contributed by atoms with Gasteiger partial charge in [0.2, 0.25) is 0 Å². The van der Waals surface area contributed by atoms with Gasteiger partial charge in [-0.3, -0.25) is 9.59 Å². The van der Waals surface area contributed by atoms with Gasteiger partial charge in [-0.1, -0.05) is 54.1 Å². The number of hydrogen-bond acceptors (Lipinski definition) is 3. The fourth-order valence-electron chi connectivity index (χ4n) is 2.73. The van der Waals surface area contributed by atoms with Crippen LogP contribution in [0.3, 0.4) is 0 Å². The number of Topliss-reactive ketones (excluding diaryl/α,β-unsaturated/α-hetero) is 1. The zero-order valence-electron chi connectivity index (χ0n) is 15.4. The molecule has 0 saturated heterocycles. The summed E-state index contributed by atoms with van der Waals surface area (Å²) in [6.45, 7) is 4.00. The summed E-state index contributed by atoms with van der Waals surface area (Å²) in [5.41, 5.74) is 4.28. The number of benzene rings is 3. The van der Waals surface area contributed by atoms with E-state index in [2.05, 4.69) is 5.32 Å². The number of ketones is 1. The number of aryl methyl sites for hydroxylation is 2. The molecule has 0 aromatic heterocycles. The van der Waals surface area contributed by atoms with E-state index < -0.39 is 0 Å².